The summed E-state index contributed by atoms with van der Waals surface area (Å²) < 4.78 is 39.4. The number of halogens is 4. The first-order chi connectivity index (χ1) is 12.1. The van der Waals surface area contributed by atoms with Crippen molar-refractivity contribution in [1.82, 2.24) is 25.3 Å². The van der Waals surface area contributed by atoms with Gasteiger partial charge in [-0.15, -0.1) is 24.0 Å². The van der Waals surface area contributed by atoms with E-state index >= 15 is 0 Å². The zero-order chi connectivity index (χ0) is 19.5. The Kier molecular flexibility index (Phi) is 8.84. The molecule has 1 saturated heterocycles. The highest BCUT2D eigenvalue weighted by Gasteiger charge is 2.34. The molecule has 0 bridgehead atoms. The molecule has 0 saturated carbocycles. The van der Waals surface area contributed by atoms with Crippen molar-refractivity contribution in [2.45, 2.75) is 51.9 Å². The van der Waals surface area contributed by atoms with Crippen LogP contribution in [0, 0.1) is 13.8 Å². The van der Waals surface area contributed by atoms with Crippen molar-refractivity contribution in [3.8, 4) is 0 Å². The first-order valence-electron chi connectivity index (χ1n) is 8.87. The Morgan fingerprint density at radius 3 is 2.56 bits per heavy atom. The minimum Gasteiger partial charge on any atom is -0.354 e. The van der Waals surface area contributed by atoms with Crippen LogP contribution in [0.1, 0.15) is 30.3 Å². The average Bonchev–Trinajstić information content (AvgIpc) is 3.04. The maximum absolute atomic E-state index is 12.5. The van der Waals surface area contributed by atoms with Crippen LogP contribution in [0.2, 0.25) is 0 Å². The molecule has 0 radical (unpaired) electrons. The SMILES string of the molecule is CN=C(NC(C)Cc1c(C)nn(C)c1C)NC1CCN(CC(F)(F)F)C1.I. The number of guanidine groups is 1. The van der Waals surface area contributed by atoms with E-state index in [0.717, 1.165) is 17.8 Å². The maximum atomic E-state index is 12.5. The third kappa shape index (κ3) is 7.13. The Hall–Kier alpha value is -1.04. The molecule has 1 aliphatic rings. The van der Waals surface area contributed by atoms with Gasteiger partial charge in [-0.2, -0.15) is 18.3 Å². The molecule has 0 spiro atoms. The molecule has 1 aromatic heterocycles. The number of aromatic nitrogens is 2. The molecule has 156 valence electrons. The first-order valence-corrected chi connectivity index (χ1v) is 8.87. The quantitative estimate of drug-likeness (QED) is 0.369. The van der Waals surface area contributed by atoms with E-state index < -0.39 is 12.7 Å². The second kappa shape index (κ2) is 9.94. The lowest BCUT2D eigenvalue weighted by Gasteiger charge is -2.22. The number of aryl methyl sites for hydroxylation is 2. The molecule has 1 fully saturated rings. The molecule has 0 aliphatic carbocycles. The number of hydrogen-bond acceptors (Lipinski definition) is 3. The summed E-state index contributed by atoms with van der Waals surface area (Å²) in [6.07, 6.45) is -2.67. The number of hydrogen-bond donors (Lipinski definition) is 2. The Bertz CT molecular complexity index is 643. The van der Waals surface area contributed by atoms with Gasteiger partial charge in [0.1, 0.15) is 0 Å². The number of nitrogens with zero attached hydrogens (tertiary/aromatic N) is 4. The van der Waals surface area contributed by atoms with Gasteiger partial charge < -0.3 is 10.6 Å². The van der Waals surface area contributed by atoms with Crippen LogP contribution in [0.15, 0.2) is 4.99 Å². The summed E-state index contributed by atoms with van der Waals surface area (Å²) in [6, 6.07) is 0.0908. The molecule has 6 nitrogen and oxygen atoms in total. The smallest absolute Gasteiger partial charge is 0.354 e. The summed E-state index contributed by atoms with van der Waals surface area (Å²) in [7, 11) is 3.60. The van der Waals surface area contributed by atoms with Crippen LogP contribution in [0.3, 0.4) is 0 Å². The molecular formula is C17H30F3IN6. The maximum Gasteiger partial charge on any atom is 0.401 e. The molecule has 2 unspecified atom stereocenters. The van der Waals surface area contributed by atoms with E-state index in [-0.39, 0.29) is 36.1 Å². The van der Waals surface area contributed by atoms with Crippen LogP contribution in [0.4, 0.5) is 13.2 Å². The zero-order valence-corrected chi connectivity index (χ0v) is 18.9. The Morgan fingerprint density at radius 1 is 1.37 bits per heavy atom. The van der Waals surface area contributed by atoms with Gasteiger partial charge in [-0.25, -0.2) is 0 Å². The number of aliphatic imine (C=N–C) groups is 1. The molecule has 2 rings (SSSR count). The summed E-state index contributed by atoms with van der Waals surface area (Å²) in [5.41, 5.74) is 3.36. The van der Waals surface area contributed by atoms with Crippen molar-refractivity contribution < 1.29 is 13.2 Å². The van der Waals surface area contributed by atoms with Gasteiger partial charge >= 0.3 is 6.18 Å². The van der Waals surface area contributed by atoms with Crippen molar-refractivity contribution in [3.63, 3.8) is 0 Å². The minimum atomic E-state index is -4.15. The molecule has 1 aliphatic heterocycles. The highest BCUT2D eigenvalue weighted by molar-refractivity contribution is 14.0. The lowest BCUT2D eigenvalue weighted by atomic mass is 10.1. The molecule has 2 N–H and O–H groups in total. The fourth-order valence-corrected chi connectivity index (χ4v) is 3.42. The van der Waals surface area contributed by atoms with Gasteiger partial charge in [0.2, 0.25) is 0 Å². The summed E-state index contributed by atoms with van der Waals surface area (Å²) in [4.78, 5) is 5.64. The Balaban J connectivity index is 0.00000364. The monoisotopic (exact) mass is 502 g/mol. The van der Waals surface area contributed by atoms with Crippen molar-refractivity contribution >= 4 is 29.9 Å². The van der Waals surface area contributed by atoms with E-state index in [4.69, 9.17) is 0 Å². The highest BCUT2D eigenvalue weighted by atomic mass is 127. The summed E-state index contributed by atoms with van der Waals surface area (Å²) >= 11 is 0. The molecule has 2 atom stereocenters. The minimum absolute atomic E-state index is 0. The third-order valence-electron chi connectivity index (χ3n) is 4.79. The first kappa shape index (κ1) is 24.0. The predicted molar refractivity (Wildman–Crippen MR) is 112 cm³/mol. The largest absolute Gasteiger partial charge is 0.401 e. The Morgan fingerprint density at radius 2 is 2.04 bits per heavy atom. The molecular weight excluding hydrogens is 472 g/mol. The van der Waals surface area contributed by atoms with Gasteiger partial charge in [-0.05, 0) is 39.2 Å². The van der Waals surface area contributed by atoms with E-state index in [1.807, 2.05) is 25.6 Å². The van der Waals surface area contributed by atoms with Crippen LogP contribution >= 0.6 is 24.0 Å². The number of likely N-dealkylation sites (tertiary alicyclic amines) is 1. The predicted octanol–water partition coefficient (Wildman–Crippen LogP) is 2.39. The van der Waals surface area contributed by atoms with Crippen molar-refractivity contribution in [2.24, 2.45) is 12.0 Å². The number of nitrogens with one attached hydrogen (secondary N) is 2. The van der Waals surface area contributed by atoms with Gasteiger partial charge in [0.05, 0.1) is 12.2 Å². The molecule has 27 heavy (non-hydrogen) atoms. The lowest BCUT2D eigenvalue weighted by Crippen LogP contribution is -2.48. The normalized spacial score (nSPS) is 19.7. The van der Waals surface area contributed by atoms with Crippen LogP contribution in [0.5, 0.6) is 0 Å². The standard InChI is InChI=1S/C17H29F3N6.HI/c1-11(8-15-12(2)24-25(5)13(15)3)22-16(21-4)23-14-6-7-26(9-14)10-17(18,19)20;/h11,14H,6-10H2,1-5H3,(H2,21,22,23);1H. The second-order valence-corrected chi connectivity index (χ2v) is 7.07. The lowest BCUT2D eigenvalue weighted by molar-refractivity contribution is -0.143. The topological polar surface area (TPSA) is 57.5 Å². The zero-order valence-electron chi connectivity index (χ0n) is 16.5. The molecule has 0 amide bonds. The van der Waals surface area contributed by atoms with Crippen LogP contribution in [-0.2, 0) is 13.5 Å². The van der Waals surface area contributed by atoms with Gasteiger partial charge in [0.15, 0.2) is 5.96 Å². The third-order valence-corrected chi connectivity index (χ3v) is 4.79. The van der Waals surface area contributed by atoms with Gasteiger partial charge in [0.25, 0.3) is 0 Å². The van der Waals surface area contributed by atoms with Crippen LogP contribution in [0.25, 0.3) is 0 Å². The fourth-order valence-electron chi connectivity index (χ4n) is 3.42. The Labute approximate surface area is 176 Å². The van der Waals surface area contributed by atoms with E-state index in [9.17, 15) is 13.2 Å². The second-order valence-electron chi connectivity index (χ2n) is 7.07. The van der Waals surface area contributed by atoms with Crippen LogP contribution in [-0.4, -0.2) is 65.6 Å². The molecule has 0 aromatic carbocycles. The van der Waals surface area contributed by atoms with Gasteiger partial charge in [-0.1, -0.05) is 0 Å². The van der Waals surface area contributed by atoms with E-state index in [1.165, 1.54) is 10.5 Å². The van der Waals surface area contributed by atoms with Crippen molar-refractivity contribution in [3.05, 3.63) is 17.0 Å². The number of alkyl halides is 3. The molecule has 2 heterocycles. The van der Waals surface area contributed by atoms with Crippen molar-refractivity contribution in [1.29, 1.82) is 0 Å². The van der Waals surface area contributed by atoms with E-state index in [0.29, 0.717) is 25.5 Å². The summed E-state index contributed by atoms with van der Waals surface area (Å²) in [5.74, 6) is 0.621. The van der Waals surface area contributed by atoms with E-state index in [1.54, 1.807) is 7.05 Å². The van der Waals surface area contributed by atoms with Gasteiger partial charge in [-0.3, -0.25) is 14.6 Å². The van der Waals surface area contributed by atoms with Crippen molar-refractivity contribution in [2.75, 3.05) is 26.7 Å². The average molecular weight is 502 g/mol. The van der Waals surface area contributed by atoms with Gasteiger partial charge in [0, 0.05) is 45.0 Å². The molecule has 1 aromatic rings. The fraction of sp³-hybridized carbons (Fsp3) is 0.765. The summed E-state index contributed by atoms with van der Waals surface area (Å²) in [6.45, 7) is 6.06. The van der Waals surface area contributed by atoms with Crippen LogP contribution < -0.4 is 10.6 Å². The summed E-state index contributed by atoms with van der Waals surface area (Å²) in [5, 5.41) is 11.0. The highest BCUT2D eigenvalue weighted by Crippen LogP contribution is 2.20. The van der Waals surface area contributed by atoms with E-state index in [2.05, 4.69) is 27.6 Å². The number of rotatable bonds is 5. The molecule has 10 heteroatoms.